The van der Waals surface area contributed by atoms with Gasteiger partial charge in [-0.2, -0.15) is 0 Å². The van der Waals surface area contributed by atoms with Crippen molar-refractivity contribution >= 4 is 5.97 Å². The minimum Gasteiger partial charge on any atom is -0.507 e. The number of phenols is 1. The van der Waals surface area contributed by atoms with Gasteiger partial charge >= 0.3 is 5.97 Å². The molecule has 0 fully saturated rings. The Bertz CT molecular complexity index is 361. The van der Waals surface area contributed by atoms with Crippen molar-refractivity contribution in [1.82, 2.24) is 0 Å². The average molecular weight is 210 g/mol. The molecular weight excluding hydrogens is 196 g/mol. The Kier molecular flexibility index (Phi) is 3.31. The van der Waals surface area contributed by atoms with Gasteiger partial charge in [-0.15, -0.1) is 0 Å². The first-order valence-electron chi connectivity index (χ1n) is 4.61. The second kappa shape index (κ2) is 4.31. The largest absolute Gasteiger partial charge is 0.507 e. The summed E-state index contributed by atoms with van der Waals surface area (Å²) in [7, 11) is 0. The Morgan fingerprint density at radius 2 is 1.80 bits per heavy atom. The lowest BCUT2D eigenvalue weighted by Gasteiger charge is -2.09. The maximum Gasteiger partial charge on any atom is 0.332 e. The van der Waals surface area contributed by atoms with Crippen molar-refractivity contribution in [1.29, 1.82) is 0 Å². The number of hydrogen-bond acceptors (Lipinski definition) is 3. The second-order valence-corrected chi connectivity index (χ2v) is 3.64. The van der Waals surface area contributed by atoms with Crippen molar-refractivity contribution in [3.63, 3.8) is 0 Å². The Balaban J connectivity index is 2.92. The molecule has 0 spiro atoms. The molecule has 1 aromatic rings. The van der Waals surface area contributed by atoms with Gasteiger partial charge in [0.05, 0.1) is 0 Å². The van der Waals surface area contributed by atoms with Gasteiger partial charge in [0.15, 0.2) is 6.10 Å². The highest BCUT2D eigenvalue weighted by molar-refractivity contribution is 5.72. The Morgan fingerprint density at radius 3 is 2.20 bits per heavy atom. The van der Waals surface area contributed by atoms with Crippen LogP contribution in [0.2, 0.25) is 0 Å². The number of aryl methyl sites for hydroxylation is 2. The number of carboxylic acid groups (broad SMARTS) is 1. The summed E-state index contributed by atoms with van der Waals surface area (Å²) < 4.78 is 0. The van der Waals surface area contributed by atoms with Gasteiger partial charge < -0.3 is 15.3 Å². The van der Waals surface area contributed by atoms with E-state index in [0.29, 0.717) is 16.7 Å². The molecule has 0 amide bonds. The van der Waals surface area contributed by atoms with Crippen molar-refractivity contribution in [2.24, 2.45) is 0 Å². The van der Waals surface area contributed by atoms with E-state index in [0.717, 1.165) is 0 Å². The van der Waals surface area contributed by atoms with Crippen LogP contribution in [0.5, 0.6) is 5.75 Å². The number of phenolic OH excluding ortho intramolecular Hbond substituents is 1. The van der Waals surface area contributed by atoms with E-state index >= 15 is 0 Å². The predicted molar refractivity (Wildman–Crippen MR) is 54.9 cm³/mol. The first-order chi connectivity index (χ1) is 6.91. The molecule has 4 nitrogen and oxygen atoms in total. The molecule has 0 aliphatic rings. The molecule has 82 valence electrons. The molecule has 3 N–H and O–H groups in total. The summed E-state index contributed by atoms with van der Waals surface area (Å²) in [6.45, 7) is 3.47. The van der Waals surface area contributed by atoms with Crippen LogP contribution in [0.25, 0.3) is 0 Å². The molecule has 15 heavy (non-hydrogen) atoms. The van der Waals surface area contributed by atoms with E-state index in [2.05, 4.69) is 0 Å². The second-order valence-electron chi connectivity index (χ2n) is 3.64. The molecule has 1 unspecified atom stereocenters. The lowest BCUT2D eigenvalue weighted by Crippen LogP contribution is -2.22. The standard InChI is InChI=1S/C11H14O4/c1-6-3-8(4-7(2)10(6)13)5-9(12)11(14)15/h3-4,9,12-13H,5H2,1-2H3,(H,14,15). The third-order valence-electron chi connectivity index (χ3n) is 2.26. The van der Waals surface area contributed by atoms with Crippen LogP contribution in [0.1, 0.15) is 16.7 Å². The maximum atomic E-state index is 10.4. The number of carboxylic acids is 1. The van der Waals surface area contributed by atoms with Crippen molar-refractivity contribution in [3.8, 4) is 5.75 Å². The number of benzene rings is 1. The van der Waals surface area contributed by atoms with Crippen LogP contribution >= 0.6 is 0 Å². The zero-order valence-corrected chi connectivity index (χ0v) is 8.69. The Morgan fingerprint density at radius 1 is 1.33 bits per heavy atom. The normalized spacial score (nSPS) is 12.5. The predicted octanol–water partition coefficient (Wildman–Crippen LogP) is 0.997. The molecule has 1 rings (SSSR count). The molecule has 1 atom stereocenters. The van der Waals surface area contributed by atoms with Gasteiger partial charge in [0, 0.05) is 6.42 Å². The Labute approximate surface area is 87.8 Å². The lowest BCUT2D eigenvalue weighted by molar-refractivity contribution is -0.146. The van der Waals surface area contributed by atoms with Crippen LogP contribution in [0, 0.1) is 13.8 Å². The fraction of sp³-hybridized carbons (Fsp3) is 0.364. The zero-order chi connectivity index (χ0) is 11.6. The van der Waals surface area contributed by atoms with Gasteiger partial charge in [-0.1, -0.05) is 12.1 Å². The Hall–Kier alpha value is -1.55. The van der Waals surface area contributed by atoms with Crippen molar-refractivity contribution in [3.05, 3.63) is 28.8 Å². The molecule has 0 aliphatic carbocycles. The fourth-order valence-electron chi connectivity index (χ4n) is 1.47. The molecule has 0 aromatic heterocycles. The van der Waals surface area contributed by atoms with Gasteiger partial charge in [0.2, 0.25) is 0 Å². The van der Waals surface area contributed by atoms with Crippen LogP contribution < -0.4 is 0 Å². The highest BCUT2D eigenvalue weighted by atomic mass is 16.4. The number of aliphatic hydroxyl groups excluding tert-OH is 1. The van der Waals surface area contributed by atoms with Crippen LogP contribution in [-0.2, 0) is 11.2 Å². The highest BCUT2D eigenvalue weighted by Crippen LogP contribution is 2.23. The molecule has 0 aliphatic heterocycles. The number of rotatable bonds is 3. The number of aromatic hydroxyl groups is 1. The topological polar surface area (TPSA) is 77.8 Å². The van der Waals surface area contributed by atoms with Gasteiger partial charge in [-0.3, -0.25) is 0 Å². The SMILES string of the molecule is Cc1cc(CC(O)C(=O)O)cc(C)c1O. The van der Waals surface area contributed by atoms with Crippen LogP contribution in [-0.4, -0.2) is 27.4 Å². The summed E-state index contributed by atoms with van der Waals surface area (Å²) in [5.41, 5.74) is 2.07. The third kappa shape index (κ3) is 2.70. The van der Waals surface area contributed by atoms with E-state index in [9.17, 15) is 9.90 Å². The summed E-state index contributed by atoms with van der Waals surface area (Å²) in [5, 5.41) is 27.2. The maximum absolute atomic E-state index is 10.4. The number of aliphatic carboxylic acids is 1. The van der Waals surface area contributed by atoms with E-state index in [1.807, 2.05) is 0 Å². The van der Waals surface area contributed by atoms with Crippen molar-refractivity contribution in [2.75, 3.05) is 0 Å². The van der Waals surface area contributed by atoms with Crippen molar-refractivity contribution < 1.29 is 20.1 Å². The minimum absolute atomic E-state index is 0.0529. The summed E-state index contributed by atoms with van der Waals surface area (Å²) in [5.74, 6) is -1.03. The summed E-state index contributed by atoms with van der Waals surface area (Å²) >= 11 is 0. The first-order valence-corrected chi connectivity index (χ1v) is 4.61. The molecule has 0 saturated carbocycles. The quantitative estimate of drug-likeness (QED) is 0.695. The van der Waals surface area contributed by atoms with E-state index in [-0.39, 0.29) is 12.2 Å². The smallest absolute Gasteiger partial charge is 0.332 e. The monoisotopic (exact) mass is 210 g/mol. The molecule has 0 heterocycles. The summed E-state index contributed by atoms with van der Waals surface area (Å²) in [6, 6.07) is 3.35. The number of aliphatic hydroxyl groups is 1. The molecule has 1 aromatic carbocycles. The first kappa shape index (κ1) is 11.5. The van der Waals surface area contributed by atoms with Gasteiger partial charge in [0.1, 0.15) is 5.75 Å². The average Bonchev–Trinajstić information content (AvgIpc) is 2.13. The molecule has 0 radical (unpaired) electrons. The van der Waals surface area contributed by atoms with E-state index in [4.69, 9.17) is 10.2 Å². The minimum atomic E-state index is -1.40. The molecule has 0 saturated heterocycles. The van der Waals surface area contributed by atoms with Crippen LogP contribution in [0.4, 0.5) is 0 Å². The fourth-order valence-corrected chi connectivity index (χ4v) is 1.47. The van der Waals surface area contributed by atoms with Crippen LogP contribution in [0.3, 0.4) is 0 Å². The molecule has 0 bridgehead atoms. The summed E-state index contributed by atoms with van der Waals surface area (Å²) in [4.78, 5) is 10.4. The van der Waals surface area contributed by atoms with E-state index in [1.165, 1.54) is 0 Å². The molecular formula is C11H14O4. The van der Waals surface area contributed by atoms with Gasteiger partial charge in [-0.25, -0.2) is 4.79 Å². The van der Waals surface area contributed by atoms with Gasteiger partial charge in [0.25, 0.3) is 0 Å². The van der Waals surface area contributed by atoms with Gasteiger partial charge in [-0.05, 0) is 30.5 Å². The van der Waals surface area contributed by atoms with Crippen molar-refractivity contribution in [2.45, 2.75) is 26.4 Å². The number of hydrogen-bond donors (Lipinski definition) is 3. The van der Waals surface area contributed by atoms with E-state index < -0.39 is 12.1 Å². The summed E-state index contributed by atoms with van der Waals surface area (Å²) in [6.07, 6.45) is -1.34. The third-order valence-corrected chi connectivity index (χ3v) is 2.26. The number of carbonyl (C=O) groups is 1. The highest BCUT2D eigenvalue weighted by Gasteiger charge is 2.14. The van der Waals surface area contributed by atoms with Crippen LogP contribution in [0.15, 0.2) is 12.1 Å². The van der Waals surface area contributed by atoms with E-state index in [1.54, 1.807) is 26.0 Å². The zero-order valence-electron chi connectivity index (χ0n) is 8.69. The molecule has 4 heteroatoms. The lowest BCUT2D eigenvalue weighted by atomic mass is 10.0.